The van der Waals surface area contributed by atoms with Gasteiger partial charge in [0.2, 0.25) is 0 Å². The number of rotatable bonds is 5. The number of nitrogens with one attached hydrogen (secondary N) is 1. The highest BCUT2D eigenvalue weighted by atomic mass is 16.5. The highest BCUT2D eigenvalue weighted by Gasteiger charge is 2.06. The van der Waals surface area contributed by atoms with E-state index in [9.17, 15) is 9.59 Å². The molecule has 0 aliphatic carbocycles. The van der Waals surface area contributed by atoms with Crippen LogP contribution in [0.15, 0.2) is 54.6 Å². The topological polar surface area (TPSA) is 55.4 Å². The van der Waals surface area contributed by atoms with E-state index in [-0.39, 0.29) is 11.9 Å². The molecule has 2 aromatic carbocycles. The predicted molar refractivity (Wildman–Crippen MR) is 91.2 cm³/mol. The van der Waals surface area contributed by atoms with E-state index >= 15 is 0 Å². The normalized spacial score (nSPS) is 10.5. The van der Waals surface area contributed by atoms with Gasteiger partial charge in [-0.25, -0.2) is 4.79 Å². The van der Waals surface area contributed by atoms with E-state index in [0.717, 1.165) is 11.1 Å². The maximum Gasteiger partial charge on any atom is 0.330 e. The Balaban J connectivity index is 2.08. The molecule has 118 valence electrons. The molecular weight excluding hydrogens is 290 g/mol. The highest BCUT2D eigenvalue weighted by Crippen LogP contribution is 2.14. The van der Waals surface area contributed by atoms with Gasteiger partial charge in [-0.05, 0) is 49.8 Å². The quantitative estimate of drug-likeness (QED) is 0.674. The minimum Gasteiger partial charge on any atom is -0.463 e. The van der Waals surface area contributed by atoms with Gasteiger partial charge < -0.3 is 10.1 Å². The van der Waals surface area contributed by atoms with E-state index in [4.69, 9.17) is 4.74 Å². The average molecular weight is 309 g/mol. The van der Waals surface area contributed by atoms with E-state index in [1.54, 1.807) is 31.2 Å². The maximum absolute atomic E-state index is 12.2. The first kappa shape index (κ1) is 16.5. The van der Waals surface area contributed by atoms with Crippen molar-refractivity contribution in [2.45, 2.75) is 13.8 Å². The molecule has 23 heavy (non-hydrogen) atoms. The van der Waals surface area contributed by atoms with Crippen molar-refractivity contribution in [3.8, 4) is 0 Å². The number of carbonyl (C=O) groups is 2. The van der Waals surface area contributed by atoms with Gasteiger partial charge in [-0.2, -0.15) is 0 Å². The maximum atomic E-state index is 12.2. The number of aryl methyl sites for hydroxylation is 1. The molecule has 0 unspecified atom stereocenters. The van der Waals surface area contributed by atoms with Gasteiger partial charge in [-0.1, -0.05) is 29.8 Å². The average Bonchev–Trinajstić information content (AvgIpc) is 2.53. The number of anilines is 1. The van der Waals surface area contributed by atoms with Crippen molar-refractivity contribution < 1.29 is 14.3 Å². The molecule has 0 atom stereocenters. The lowest BCUT2D eigenvalue weighted by Gasteiger charge is -2.06. The van der Waals surface area contributed by atoms with Crippen LogP contribution in [0.25, 0.3) is 6.08 Å². The van der Waals surface area contributed by atoms with Crippen molar-refractivity contribution in [3.05, 3.63) is 71.3 Å². The second-order valence-corrected chi connectivity index (χ2v) is 5.03. The minimum absolute atomic E-state index is 0.166. The summed E-state index contributed by atoms with van der Waals surface area (Å²) in [4.78, 5) is 23.5. The van der Waals surface area contributed by atoms with Crippen LogP contribution in [0.3, 0.4) is 0 Å². The van der Waals surface area contributed by atoms with Gasteiger partial charge in [0.1, 0.15) is 0 Å². The third-order valence-corrected chi connectivity index (χ3v) is 3.12. The Hall–Kier alpha value is -2.88. The van der Waals surface area contributed by atoms with Crippen LogP contribution in [-0.2, 0) is 9.53 Å². The Kier molecular flexibility index (Phi) is 5.69. The fourth-order valence-corrected chi connectivity index (χ4v) is 2.06. The summed E-state index contributed by atoms with van der Waals surface area (Å²) >= 11 is 0. The molecule has 4 heteroatoms. The van der Waals surface area contributed by atoms with Crippen LogP contribution in [0, 0.1) is 6.92 Å². The zero-order valence-electron chi connectivity index (χ0n) is 13.2. The molecule has 2 aromatic rings. The van der Waals surface area contributed by atoms with Crippen molar-refractivity contribution in [1.82, 2.24) is 0 Å². The molecule has 1 amide bonds. The van der Waals surface area contributed by atoms with Gasteiger partial charge in [-0.15, -0.1) is 0 Å². The van der Waals surface area contributed by atoms with Gasteiger partial charge in [0, 0.05) is 17.3 Å². The SMILES string of the molecule is CCOC(=O)/C=C/c1cccc(NC(=O)c2cccc(C)c2)c1. The van der Waals surface area contributed by atoms with Gasteiger partial charge in [0.15, 0.2) is 0 Å². The standard InChI is InChI=1S/C19H19NO3/c1-3-23-18(21)11-10-15-7-5-9-17(13-15)20-19(22)16-8-4-6-14(2)12-16/h4-13H,3H2,1-2H3,(H,20,22)/b11-10+. The van der Waals surface area contributed by atoms with E-state index in [2.05, 4.69) is 5.32 Å². The van der Waals surface area contributed by atoms with Crippen LogP contribution in [-0.4, -0.2) is 18.5 Å². The Morgan fingerprint density at radius 2 is 1.91 bits per heavy atom. The molecule has 0 aromatic heterocycles. The van der Waals surface area contributed by atoms with Gasteiger partial charge in [0.05, 0.1) is 6.61 Å². The number of ether oxygens (including phenoxy) is 1. The van der Waals surface area contributed by atoms with Gasteiger partial charge in [0.25, 0.3) is 5.91 Å². The Bertz CT molecular complexity index is 735. The molecular formula is C19H19NO3. The van der Waals surface area contributed by atoms with Crippen molar-refractivity contribution in [2.75, 3.05) is 11.9 Å². The van der Waals surface area contributed by atoms with Crippen molar-refractivity contribution >= 4 is 23.6 Å². The third-order valence-electron chi connectivity index (χ3n) is 3.12. The molecule has 0 radical (unpaired) electrons. The summed E-state index contributed by atoms with van der Waals surface area (Å²) < 4.78 is 4.83. The molecule has 0 fully saturated rings. The molecule has 0 aliphatic heterocycles. The van der Waals surface area contributed by atoms with Crippen LogP contribution in [0.5, 0.6) is 0 Å². The molecule has 2 rings (SSSR count). The van der Waals surface area contributed by atoms with Crippen molar-refractivity contribution in [3.63, 3.8) is 0 Å². The van der Waals surface area contributed by atoms with Crippen LogP contribution in [0.4, 0.5) is 5.69 Å². The Labute approximate surface area is 135 Å². The first-order chi connectivity index (χ1) is 11.1. The second kappa shape index (κ2) is 7.94. The molecule has 0 bridgehead atoms. The number of hydrogen-bond donors (Lipinski definition) is 1. The lowest BCUT2D eigenvalue weighted by atomic mass is 10.1. The van der Waals surface area contributed by atoms with E-state index in [1.165, 1.54) is 6.08 Å². The molecule has 0 heterocycles. The minimum atomic E-state index is -0.387. The monoisotopic (exact) mass is 309 g/mol. The first-order valence-electron chi connectivity index (χ1n) is 7.41. The summed E-state index contributed by atoms with van der Waals surface area (Å²) in [5, 5.41) is 2.85. The van der Waals surface area contributed by atoms with E-state index < -0.39 is 0 Å². The summed E-state index contributed by atoms with van der Waals surface area (Å²) in [5.41, 5.74) is 3.11. The Morgan fingerprint density at radius 1 is 1.13 bits per heavy atom. The van der Waals surface area contributed by atoms with Crippen LogP contribution >= 0.6 is 0 Å². The molecule has 1 N–H and O–H groups in total. The number of carbonyl (C=O) groups excluding carboxylic acids is 2. The number of benzene rings is 2. The molecule has 0 saturated heterocycles. The molecule has 0 saturated carbocycles. The van der Waals surface area contributed by atoms with Crippen molar-refractivity contribution in [2.24, 2.45) is 0 Å². The van der Waals surface area contributed by atoms with Gasteiger partial charge >= 0.3 is 5.97 Å². The number of esters is 1. The lowest BCUT2D eigenvalue weighted by molar-refractivity contribution is -0.137. The summed E-state index contributed by atoms with van der Waals surface area (Å²) in [6.45, 7) is 4.04. The predicted octanol–water partition coefficient (Wildman–Crippen LogP) is 3.82. The molecule has 0 aliphatic rings. The second-order valence-electron chi connectivity index (χ2n) is 5.03. The van der Waals surface area contributed by atoms with Crippen LogP contribution < -0.4 is 5.32 Å². The Morgan fingerprint density at radius 3 is 2.65 bits per heavy atom. The molecule has 0 spiro atoms. The largest absolute Gasteiger partial charge is 0.463 e. The summed E-state index contributed by atoms with van der Waals surface area (Å²) in [6.07, 6.45) is 3.02. The van der Waals surface area contributed by atoms with E-state index in [1.807, 2.05) is 37.3 Å². The first-order valence-corrected chi connectivity index (χ1v) is 7.41. The lowest BCUT2D eigenvalue weighted by Crippen LogP contribution is -2.11. The highest BCUT2D eigenvalue weighted by molar-refractivity contribution is 6.04. The smallest absolute Gasteiger partial charge is 0.330 e. The van der Waals surface area contributed by atoms with Gasteiger partial charge in [-0.3, -0.25) is 4.79 Å². The summed E-state index contributed by atoms with van der Waals surface area (Å²) in [7, 11) is 0. The fourth-order valence-electron chi connectivity index (χ4n) is 2.06. The molecule has 4 nitrogen and oxygen atoms in total. The fraction of sp³-hybridized carbons (Fsp3) is 0.158. The zero-order chi connectivity index (χ0) is 16.7. The summed E-state index contributed by atoms with van der Waals surface area (Å²) in [5.74, 6) is -0.554. The van der Waals surface area contributed by atoms with Crippen LogP contribution in [0.2, 0.25) is 0 Å². The van der Waals surface area contributed by atoms with Crippen molar-refractivity contribution in [1.29, 1.82) is 0 Å². The van der Waals surface area contributed by atoms with Crippen LogP contribution in [0.1, 0.15) is 28.4 Å². The number of amides is 1. The summed E-state index contributed by atoms with van der Waals surface area (Å²) in [6, 6.07) is 14.7. The zero-order valence-corrected chi connectivity index (χ0v) is 13.2. The number of hydrogen-bond acceptors (Lipinski definition) is 3. The third kappa shape index (κ3) is 5.11. The van der Waals surface area contributed by atoms with E-state index in [0.29, 0.717) is 17.9 Å².